The molecule has 0 aliphatic carbocycles. The Morgan fingerprint density at radius 2 is 1.95 bits per heavy atom. The van der Waals surface area contributed by atoms with E-state index in [0.717, 1.165) is 25.9 Å². The molecule has 1 fully saturated rings. The number of hydrogen-bond acceptors (Lipinski definition) is 4. The summed E-state index contributed by atoms with van der Waals surface area (Å²) in [5, 5.41) is 7.55. The zero-order chi connectivity index (χ0) is 14.0. The predicted molar refractivity (Wildman–Crippen MR) is 74.7 cm³/mol. The van der Waals surface area contributed by atoms with E-state index >= 15 is 0 Å². The first-order valence-corrected chi connectivity index (χ1v) is 6.89. The molecule has 0 bridgehead atoms. The van der Waals surface area contributed by atoms with Gasteiger partial charge in [0.15, 0.2) is 10.3 Å². The minimum Gasteiger partial charge on any atom is -0.338 e. The molecule has 0 aromatic carbocycles. The Bertz CT molecular complexity index is 473. The van der Waals surface area contributed by atoms with Crippen molar-refractivity contribution in [1.29, 1.82) is 0 Å². The third-order valence-corrected chi connectivity index (χ3v) is 3.90. The summed E-state index contributed by atoms with van der Waals surface area (Å²) < 4.78 is 0. The van der Waals surface area contributed by atoms with E-state index in [1.807, 2.05) is 0 Å². The average molecular weight is 303 g/mol. The number of nitrogens with zero attached hydrogens (tertiary/aromatic N) is 4. The SMILES string of the molecule is CN(C)C1CCN(C(=O)c2cc(Cl)nnc2Cl)CC1. The summed E-state index contributed by atoms with van der Waals surface area (Å²) in [6, 6.07) is 2.00. The van der Waals surface area contributed by atoms with Gasteiger partial charge in [-0.1, -0.05) is 23.2 Å². The summed E-state index contributed by atoms with van der Waals surface area (Å²) in [4.78, 5) is 16.3. The molecule has 0 spiro atoms. The molecule has 0 N–H and O–H groups in total. The van der Waals surface area contributed by atoms with Crippen molar-refractivity contribution in [2.45, 2.75) is 18.9 Å². The standard InChI is InChI=1S/C12H16Cl2N4O/c1-17(2)8-3-5-18(6-4-8)12(19)9-7-10(13)15-16-11(9)14/h7-8H,3-6H2,1-2H3. The lowest BCUT2D eigenvalue weighted by atomic mass is 10.0. The highest BCUT2D eigenvalue weighted by atomic mass is 35.5. The van der Waals surface area contributed by atoms with E-state index in [9.17, 15) is 4.79 Å². The lowest BCUT2D eigenvalue weighted by Gasteiger charge is -2.35. The van der Waals surface area contributed by atoms with Crippen LogP contribution in [0.3, 0.4) is 0 Å². The van der Waals surface area contributed by atoms with Crippen LogP contribution in [0.5, 0.6) is 0 Å². The third kappa shape index (κ3) is 3.35. The molecule has 0 saturated carbocycles. The van der Waals surface area contributed by atoms with E-state index in [2.05, 4.69) is 29.2 Å². The zero-order valence-electron chi connectivity index (χ0n) is 10.9. The van der Waals surface area contributed by atoms with Gasteiger partial charge in [0.05, 0.1) is 5.56 Å². The van der Waals surface area contributed by atoms with Gasteiger partial charge in [-0.15, -0.1) is 10.2 Å². The van der Waals surface area contributed by atoms with Gasteiger partial charge in [0.2, 0.25) is 0 Å². The highest BCUT2D eigenvalue weighted by Crippen LogP contribution is 2.21. The summed E-state index contributed by atoms with van der Waals surface area (Å²) in [6.07, 6.45) is 1.92. The number of likely N-dealkylation sites (tertiary alicyclic amines) is 1. The zero-order valence-corrected chi connectivity index (χ0v) is 12.4. The van der Waals surface area contributed by atoms with Crippen molar-refractivity contribution in [3.05, 3.63) is 21.9 Å². The van der Waals surface area contributed by atoms with Gasteiger partial charge in [-0.25, -0.2) is 0 Å². The smallest absolute Gasteiger partial charge is 0.257 e. The van der Waals surface area contributed by atoms with Crippen LogP contribution in [0.25, 0.3) is 0 Å². The minimum absolute atomic E-state index is 0.101. The predicted octanol–water partition coefficient (Wildman–Crippen LogP) is 1.95. The molecule has 2 heterocycles. The van der Waals surface area contributed by atoms with E-state index in [0.29, 0.717) is 11.6 Å². The minimum atomic E-state index is -0.126. The Morgan fingerprint density at radius 1 is 1.32 bits per heavy atom. The van der Waals surface area contributed by atoms with Crippen LogP contribution in [0.2, 0.25) is 10.3 Å². The Kier molecular flexibility index (Phi) is 4.60. The Balaban J connectivity index is 2.07. The molecule has 1 aromatic heterocycles. The van der Waals surface area contributed by atoms with Gasteiger partial charge in [0.1, 0.15) is 0 Å². The van der Waals surface area contributed by atoms with E-state index in [-0.39, 0.29) is 16.2 Å². The van der Waals surface area contributed by atoms with Crippen molar-refractivity contribution >= 4 is 29.1 Å². The maximum absolute atomic E-state index is 12.4. The van der Waals surface area contributed by atoms with Crippen molar-refractivity contribution in [3.63, 3.8) is 0 Å². The fourth-order valence-electron chi connectivity index (χ4n) is 2.26. The molecular formula is C12H16Cl2N4O. The molecular weight excluding hydrogens is 287 g/mol. The highest BCUT2D eigenvalue weighted by Gasteiger charge is 2.26. The number of rotatable bonds is 2. The molecule has 0 atom stereocenters. The summed E-state index contributed by atoms with van der Waals surface area (Å²) in [5.74, 6) is -0.126. The number of hydrogen-bond donors (Lipinski definition) is 0. The molecule has 7 heteroatoms. The molecule has 19 heavy (non-hydrogen) atoms. The molecule has 1 aromatic rings. The molecule has 104 valence electrons. The second-order valence-electron chi connectivity index (χ2n) is 4.86. The van der Waals surface area contributed by atoms with Crippen LogP contribution >= 0.6 is 23.2 Å². The van der Waals surface area contributed by atoms with E-state index in [1.165, 1.54) is 6.07 Å². The van der Waals surface area contributed by atoms with Gasteiger partial charge < -0.3 is 9.80 Å². The van der Waals surface area contributed by atoms with Crippen molar-refractivity contribution in [1.82, 2.24) is 20.0 Å². The molecule has 1 amide bonds. The average Bonchev–Trinajstić information content (AvgIpc) is 2.41. The molecule has 5 nitrogen and oxygen atoms in total. The van der Waals surface area contributed by atoms with Crippen molar-refractivity contribution in [2.24, 2.45) is 0 Å². The summed E-state index contributed by atoms with van der Waals surface area (Å²) in [5.41, 5.74) is 0.324. The van der Waals surface area contributed by atoms with Gasteiger partial charge in [0.25, 0.3) is 5.91 Å². The Hall–Kier alpha value is -0.910. The monoisotopic (exact) mass is 302 g/mol. The van der Waals surface area contributed by atoms with E-state index in [4.69, 9.17) is 23.2 Å². The first-order chi connectivity index (χ1) is 8.99. The summed E-state index contributed by atoms with van der Waals surface area (Å²) in [7, 11) is 4.12. The number of halogens is 2. The Labute approximate surface area is 122 Å². The van der Waals surface area contributed by atoms with Gasteiger partial charge in [-0.2, -0.15) is 0 Å². The summed E-state index contributed by atoms with van der Waals surface area (Å²) in [6.45, 7) is 1.44. The van der Waals surface area contributed by atoms with Gasteiger partial charge >= 0.3 is 0 Å². The number of piperidine rings is 1. The maximum atomic E-state index is 12.4. The van der Waals surface area contributed by atoms with Crippen LogP contribution in [0.4, 0.5) is 0 Å². The van der Waals surface area contributed by atoms with Gasteiger partial charge in [-0.05, 0) is 33.0 Å². The normalized spacial score (nSPS) is 17.0. The van der Waals surface area contributed by atoms with Gasteiger partial charge in [-0.3, -0.25) is 4.79 Å². The number of amides is 1. The second-order valence-corrected chi connectivity index (χ2v) is 5.60. The fraction of sp³-hybridized carbons (Fsp3) is 0.583. The van der Waals surface area contributed by atoms with Crippen LogP contribution in [-0.2, 0) is 0 Å². The molecule has 1 aliphatic heterocycles. The topological polar surface area (TPSA) is 49.3 Å². The number of carbonyl (C=O) groups excluding carboxylic acids is 1. The molecule has 1 aliphatic rings. The lowest BCUT2D eigenvalue weighted by Crippen LogP contribution is -2.44. The van der Waals surface area contributed by atoms with Crippen LogP contribution in [0.1, 0.15) is 23.2 Å². The van der Waals surface area contributed by atoms with E-state index < -0.39 is 0 Å². The second kappa shape index (κ2) is 6.03. The molecule has 1 saturated heterocycles. The first-order valence-electron chi connectivity index (χ1n) is 6.13. The van der Waals surface area contributed by atoms with Crippen molar-refractivity contribution in [2.75, 3.05) is 27.2 Å². The number of aromatic nitrogens is 2. The van der Waals surface area contributed by atoms with Crippen molar-refractivity contribution < 1.29 is 4.79 Å². The number of carbonyl (C=O) groups is 1. The molecule has 2 rings (SSSR count). The third-order valence-electron chi connectivity index (χ3n) is 3.43. The van der Waals surface area contributed by atoms with Crippen LogP contribution < -0.4 is 0 Å². The van der Waals surface area contributed by atoms with E-state index in [1.54, 1.807) is 4.90 Å². The van der Waals surface area contributed by atoms with Crippen LogP contribution in [-0.4, -0.2) is 59.1 Å². The molecule has 0 radical (unpaired) electrons. The quantitative estimate of drug-likeness (QED) is 0.838. The molecule has 0 unspecified atom stereocenters. The van der Waals surface area contributed by atoms with Crippen molar-refractivity contribution in [3.8, 4) is 0 Å². The fourth-order valence-corrected chi connectivity index (χ4v) is 2.58. The first kappa shape index (κ1) is 14.5. The summed E-state index contributed by atoms with van der Waals surface area (Å²) >= 11 is 11.7. The maximum Gasteiger partial charge on any atom is 0.257 e. The van der Waals surface area contributed by atoms with Gasteiger partial charge in [0, 0.05) is 19.1 Å². The highest BCUT2D eigenvalue weighted by molar-refractivity contribution is 6.34. The largest absolute Gasteiger partial charge is 0.338 e. The Morgan fingerprint density at radius 3 is 2.53 bits per heavy atom. The lowest BCUT2D eigenvalue weighted by molar-refractivity contribution is 0.0663. The van der Waals surface area contributed by atoms with Crippen LogP contribution in [0, 0.1) is 0 Å². The van der Waals surface area contributed by atoms with Crippen LogP contribution in [0.15, 0.2) is 6.07 Å².